The molecule has 1 aromatic carbocycles. The number of likely N-dealkylation sites (N-methyl/N-ethyl adjacent to an activating group) is 1. The highest BCUT2D eigenvalue weighted by molar-refractivity contribution is 6.05. The standard InChI is InChI=1S/C20H26N4O2/c1-13(2)12-24-19(14-4-5-14)16(11-21-24)20(25)22-15-6-7-18-17(10-15)23(3)8-9-26-18/h6-7,10-11,13-14H,4-5,8-9,12H2,1-3H3,(H,22,25). The monoisotopic (exact) mass is 354 g/mol. The number of aromatic nitrogens is 2. The average Bonchev–Trinajstić information content (AvgIpc) is 3.36. The largest absolute Gasteiger partial charge is 0.490 e. The molecular weight excluding hydrogens is 328 g/mol. The van der Waals surface area contributed by atoms with Crippen LogP contribution in [0.2, 0.25) is 0 Å². The van der Waals surface area contributed by atoms with E-state index < -0.39 is 0 Å². The van der Waals surface area contributed by atoms with Crippen LogP contribution in [0.4, 0.5) is 11.4 Å². The van der Waals surface area contributed by atoms with E-state index in [0.717, 1.165) is 48.7 Å². The Balaban J connectivity index is 1.57. The highest BCUT2D eigenvalue weighted by Crippen LogP contribution is 2.42. The van der Waals surface area contributed by atoms with Crippen LogP contribution in [0.5, 0.6) is 5.75 Å². The van der Waals surface area contributed by atoms with Crippen molar-refractivity contribution in [2.45, 2.75) is 39.2 Å². The molecule has 0 spiro atoms. The smallest absolute Gasteiger partial charge is 0.259 e. The van der Waals surface area contributed by atoms with Crippen molar-refractivity contribution < 1.29 is 9.53 Å². The van der Waals surface area contributed by atoms with Gasteiger partial charge in [0.25, 0.3) is 5.91 Å². The van der Waals surface area contributed by atoms with Gasteiger partial charge in [-0.15, -0.1) is 0 Å². The number of hydrogen-bond acceptors (Lipinski definition) is 4. The summed E-state index contributed by atoms with van der Waals surface area (Å²) in [6.07, 6.45) is 4.01. The third kappa shape index (κ3) is 3.28. The number of carbonyl (C=O) groups is 1. The van der Waals surface area contributed by atoms with Crippen LogP contribution >= 0.6 is 0 Å². The lowest BCUT2D eigenvalue weighted by atomic mass is 10.1. The molecule has 1 aromatic heterocycles. The van der Waals surface area contributed by atoms with E-state index in [-0.39, 0.29) is 5.91 Å². The zero-order valence-electron chi connectivity index (χ0n) is 15.7. The van der Waals surface area contributed by atoms with E-state index in [1.807, 2.05) is 29.9 Å². The Morgan fingerprint density at radius 3 is 2.92 bits per heavy atom. The molecule has 0 radical (unpaired) electrons. The summed E-state index contributed by atoms with van der Waals surface area (Å²) in [5.74, 6) is 1.75. The zero-order valence-corrected chi connectivity index (χ0v) is 15.7. The first-order valence-corrected chi connectivity index (χ1v) is 9.38. The van der Waals surface area contributed by atoms with Gasteiger partial charge in [0.2, 0.25) is 0 Å². The van der Waals surface area contributed by atoms with Gasteiger partial charge in [-0.3, -0.25) is 9.48 Å². The number of ether oxygens (including phenoxy) is 1. The number of nitrogens with one attached hydrogen (secondary N) is 1. The molecule has 2 heterocycles. The fourth-order valence-electron chi connectivity index (χ4n) is 3.48. The Morgan fingerprint density at radius 1 is 1.38 bits per heavy atom. The van der Waals surface area contributed by atoms with Crippen molar-refractivity contribution in [2.24, 2.45) is 5.92 Å². The maximum Gasteiger partial charge on any atom is 0.259 e. The summed E-state index contributed by atoms with van der Waals surface area (Å²) < 4.78 is 7.69. The Bertz CT molecular complexity index is 823. The molecule has 1 aliphatic carbocycles. The molecule has 0 atom stereocenters. The van der Waals surface area contributed by atoms with Crippen LogP contribution in [0.3, 0.4) is 0 Å². The van der Waals surface area contributed by atoms with Crippen LogP contribution in [0, 0.1) is 5.92 Å². The molecule has 4 rings (SSSR count). The maximum absolute atomic E-state index is 12.9. The second-order valence-corrected chi connectivity index (χ2v) is 7.70. The summed E-state index contributed by atoms with van der Waals surface area (Å²) in [7, 11) is 2.04. The van der Waals surface area contributed by atoms with Crippen LogP contribution in [-0.2, 0) is 6.54 Å². The topological polar surface area (TPSA) is 59.4 Å². The predicted octanol–water partition coefficient (Wildman–Crippen LogP) is 3.50. The first kappa shape index (κ1) is 16.9. The Kier molecular flexibility index (Phi) is 4.34. The normalized spacial score (nSPS) is 16.4. The molecule has 1 N–H and O–H groups in total. The van der Waals surface area contributed by atoms with Crippen molar-refractivity contribution in [3.05, 3.63) is 35.7 Å². The van der Waals surface area contributed by atoms with Crippen molar-refractivity contribution >= 4 is 17.3 Å². The number of nitrogens with zero attached hydrogens (tertiary/aromatic N) is 3. The predicted molar refractivity (Wildman–Crippen MR) is 102 cm³/mol. The molecule has 1 fully saturated rings. The van der Waals surface area contributed by atoms with Crippen molar-refractivity contribution in [1.29, 1.82) is 0 Å². The fraction of sp³-hybridized carbons (Fsp3) is 0.500. The zero-order chi connectivity index (χ0) is 18.3. The first-order chi connectivity index (χ1) is 12.5. The third-order valence-corrected chi connectivity index (χ3v) is 4.94. The van der Waals surface area contributed by atoms with Crippen molar-refractivity contribution in [1.82, 2.24) is 9.78 Å². The number of anilines is 2. The van der Waals surface area contributed by atoms with Gasteiger partial charge in [-0.25, -0.2) is 0 Å². The van der Waals surface area contributed by atoms with Gasteiger partial charge < -0.3 is 15.0 Å². The molecule has 138 valence electrons. The second-order valence-electron chi connectivity index (χ2n) is 7.70. The lowest BCUT2D eigenvalue weighted by molar-refractivity contribution is 0.102. The van der Waals surface area contributed by atoms with Crippen LogP contribution in [-0.4, -0.2) is 35.9 Å². The minimum Gasteiger partial charge on any atom is -0.490 e. The molecule has 6 heteroatoms. The van der Waals surface area contributed by atoms with E-state index >= 15 is 0 Å². The summed E-state index contributed by atoms with van der Waals surface area (Å²) in [5, 5.41) is 7.53. The molecule has 1 aliphatic heterocycles. The third-order valence-electron chi connectivity index (χ3n) is 4.94. The fourth-order valence-corrected chi connectivity index (χ4v) is 3.48. The van der Waals surface area contributed by atoms with E-state index in [1.165, 1.54) is 0 Å². The summed E-state index contributed by atoms with van der Waals surface area (Å²) in [4.78, 5) is 15.1. The second kappa shape index (κ2) is 6.67. The lowest BCUT2D eigenvalue weighted by Gasteiger charge is -2.28. The van der Waals surface area contributed by atoms with Gasteiger partial charge in [-0.05, 0) is 37.0 Å². The van der Waals surface area contributed by atoms with E-state index in [2.05, 4.69) is 29.2 Å². The summed E-state index contributed by atoms with van der Waals surface area (Å²) in [6.45, 7) is 6.72. The van der Waals surface area contributed by atoms with Crippen LogP contribution in [0.1, 0.15) is 48.7 Å². The van der Waals surface area contributed by atoms with Gasteiger partial charge in [0.05, 0.1) is 29.7 Å². The van der Waals surface area contributed by atoms with Gasteiger partial charge in [0.15, 0.2) is 0 Å². The molecule has 1 saturated carbocycles. The van der Waals surface area contributed by atoms with Gasteiger partial charge >= 0.3 is 0 Å². The van der Waals surface area contributed by atoms with Gasteiger partial charge in [-0.1, -0.05) is 13.8 Å². The molecular formula is C20H26N4O2. The maximum atomic E-state index is 12.9. The Labute approximate surface area is 154 Å². The molecule has 0 unspecified atom stereocenters. The van der Waals surface area contributed by atoms with E-state index in [9.17, 15) is 4.79 Å². The van der Waals surface area contributed by atoms with E-state index in [1.54, 1.807) is 6.20 Å². The van der Waals surface area contributed by atoms with E-state index in [4.69, 9.17) is 4.74 Å². The van der Waals surface area contributed by atoms with Crippen LogP contribution in [0.25, 0.3) is 0 Å². The summed E-state index contributed by atoms with van der Waals surface area (Å²) in [5.41, 5.74) is 3.58. The molecule has 2 aliphatic rings. The number of hydrogen-bond donors (Lipinski definition) is 1. The highest BCUT2D eigenvalue weighted by atomic mass is 16.5. The molecule has 2 aromatic rings. The van der Waals surface area contributed by atoms with Crippen molar-refractivity contribution in [2.75, 3.05) is 30.4 Å². The quantitative estimate of drug-likeness (QED) is 0.893. The lowest BCUT2D eigenvalue weighted by Crippen LogP contribution is -2.28. The number of benzene rings is 1. The Morgan fingerprint density at radius 2 is 2.19 bits per heavy atom. The van der Waals surface area contributed by atoms with Crippen LogP contribution < -0.4 is 15.0 Å². The van der Waals surface area contributed by atoms with Crippen molar-refractivity contribution in [3.63, 3.8) is 0 Å². The number of carbonyl (C=O) groups excluding carboxylic acids is 1. The Hall–Kier alpha value is -2.50. The SMILES string of the molecule is CC(C)Cn1ncc(C(=O)Nc2ccc3c(c2)N(C)CCO3)c1C1CC1. The summed E-state index contributed by atoms with van der Waals surface area (Å²) >= 11 is 0. The summed E-state index contributed by atoms with van der Waals surface area (Å²) in [6, 6.07) is 5.79. The molecule has 1 amide bonds. The first-order valence-electron chi connectivity index (χ1n) is 9.38. The number of rotatable bonds is 5. The molecule has 0 bridgehead atoms. The molecule has 0 saturated heterocycles. The highest BCUT2D eigenvalue weighted by Gasteiger charge is 2.32. The molecule has 26 heavy (non-hydrogen) atoms. The number of amides is 1. The average molecular weight is 354 g/mol. The van der Waals surface area contributed by atoms with Crippen LogP contribution in [0.15, 0.2) is 24.4 Å². The van der Waals surface area contributed by atoms with Gasteiger partial charge in [0, 0.05) is 25.2 Å². The number of fused-ring (bicyclic) bond motifs is 1. The van der Waals surface area contributed by atoms with E-state index in [0.29, 0.717) is 24.0 Å². The minimum absolute atomic E-state index is 0.0822. The minimum atomic E-state index is -0.0822. The molecule has 6 nitrogen and oxygen atoms in total. The van der Waals surface area contributed by atoms with Gasteiger partial charge in [-0.2, -0.15) is 5.10 Å². The van der Waals surface area contributed by atoms with Gasteiger partial charge in [0.1, 0.15) is 12.4 Å². The van der Waals surface area contributed by atoms with Crippen molar-refractivity contribution in [3.8, 4) is 5.75 Å².